The Bertz CT molecular complexity index is 323. The van der Waals surface area contributed by atoms with Crippen LogP contribution in [0.25, 0.3) is 0 Å². The van der Waals surface area contributed by atoms with Crippen LogP contribution >= 0.6 is 0 Å². The quantitative estimate of drug-likeness (QED) is 0.751. The van der Waals surface area contributed by atoms with Crippen molar-refractivity contribution in [1.82, 2.24) is 10.2 Å². The molecule has 78 valence electrons. The molecule has 2 rings (SSSR count). The van der Waals surface area contributed by atoms with E-state index in [1.807, 2.05) is 13.8 Å². The summed E-state index contributed by atoms with van der Waals surface area (Å²) in [5, 5.41) is 17.1. The van der Waals surface area contributed by atoms with Gasteiger partial charge in [-0.05, 0) is 45.1 Å². The Hall–Kier alpha value is -0.830. The molecule has 0 aromatic carbocycles. The maximum atomic E-state index is 9.74. The van der Waals surface area contributed by atoms with Gasteiger partial charge in [0.1, 0.15) is 0 Å². The van der Waals surface area contributed by atoms with Gasteiger partial charge in [-0.3, -0.25) is 5.10 Å². The number of rotatable bonds is 2. The van der Waals surface area contributed by atoms with E-state index in [0.717, 1.165) is 18.5 Å². The highest BCUT2D eigenvalue weighted by Gasteiger charge is 2.21. The Labute approximate surface area is 84.5 Å². The molecule has 14 heavy (non-hydrogen) atoms. The SMILES string of the molecule is CC(C)(O)Cc1n[nH]c2c1CCCC2. The third-order valence-corrected chi connectivity index (χ3v) is 2.74. The molecule has 3 nitrogen and oxygen atoms in total. The largest absolute Gasteiger partial charge is 0.390 e. The predicted molar refractivity (Wildman–Crippen MR) is 55.2 cm³/mol. The lowest BCUT2D eigenvalue weighted by Gasteiger charge is -2.17. The summed E-state index contributed by atoms with van der Waals surface area (Å²) in [6, 6.07) is 0. The zero-order chi connectivity index (χ0) is 10.2. The number of aromatic nitrogens is 2. The van der Waals surface area contributed by atoms with E-state index in [1.165, 1.54) is 24.1 Å². The second-order valence-corrected chi connectivity index (χ2v) is 4.82. The van der Waals surface area contributed by atoms with Crippen LogP contribution in [0.15, 0.2) is 0 Å². The van der Waals surface area contributed by atoms with Crippen molar-refractivity contribution in [1.29, 1.82) is 0 Å². The van der Waals surface area contributed by atoms with E-state index in [4.69, 9.17) is 0 Å². The fraction of sp³-hybridized carbons (Fsp3) is 0.727. The Morgan fingerprint density at radius 1 is 1.36 bits per heavy atom. The van der Waals surface area contributed by atoms with Gasteiger partial charge in [0.15, 0.2) is 0 Å². The van der Waals surface area contributed by atoms with Crippen LogP contribution in [0.5, 0.6) is 0 Å². The lowest BCUT2D eigenvalue weighted by atomic mass is 9.92. The van der Waals surface area contributed by atoms with Crippen LogP contribution in [0, 0.1) is 0 Å². The summed E-state index contributed by atoms with van der Waals surface area (Å²) in [5.74, 6) is 0. The Balaban J connectivity index is 2.22. The summed E-state index contributed by atoms with van der Waals surface area (Å²) >= 11 is 0. The molecule has 0 saturated carbocycles. The first-order valence-corrected chi connectivity index (χ1v) is 5.34. The molecule has 0 spiro atoms. The van der Waals surface area contributed by atoms with E-state index < -0.39 is 5.60 Å². The van der Waals surface area contributed by atoms with Crippen molar-refractivity contribution in [3.05, 3.63) is 17.0 Å². The second-order valence-electron chi connectivity index (χ2n) is 4.82. The molecule has 0 fully saturated rings. The van der Waals surface area contributed by atoms with Gasteiger partial charge in [0.25, 0.3) is 0 Å². The van der Waals surface area contributed by atoms with Gasteiger partial charge in [-0.1, -0.05) is 0 Å². The minimum Gasteiger partial charge on any atom is -0.390 e. The molecule has 0 amide bonds. The van der Waals surface area contributed by atoms with Crippen molar-refractivity contribution >= 4 is 0 Å². The second kappa shape index (κ2) is 3.39. The molecule has 2 N–H and O–H groups in total. The minimum atomic E-state index is -0.652. The summed E-state index contributed by atoms with van der Waals surface area (Å²) in [4.78, 5) is 0. The molecule has 1 aromatic rings. The van der Waals surface area contributed by atoms with Crippen molar-refractivity contribution in [2.45, 2.75) is 51.6 Å². The Morgan fingerprint density at radius 2 is 2.07 bits per heavy atom. The number of fused-ring (bicyclic) bond motifs is 1. The van der Waals surface area contributed by atoms with Crippen molar-refractivity contribution in [3.63, 3.8) is 0 Å². The summed E-state index contributed by atoms with van der Waals surface area (Å²) < 4.78 is 0. The smallest absolute Gasteiger partial charge is 0.0685 e. The third kappa shape index (κ3) is 1.98. The van der Waals surface area contributed by atoms with Gasteiger partial charge in [0.2, 0.25) is 0 Å². The van der Waals surface area contributed by atoms with Gasteiger partial charge in [-0.15, -0.1) is 0 Å². The van der Waals surface area contributed by atoms with E-state index in [-0.39, 0.29) is 0 Å². The molecule has 1 aliphatic carbocycles. The summed E-state index contributed by atoms with van der Waals surface area (Å²) in [6.45, 7) is 3.66. The van der Waals surface area contributed by atoms with Gasteiger partial charge in [-0.25, -0.2) is 0 Å². The molecule has 0 atom stereocenters. The summed E-state index contributed by atoms with van der Waals surface area (Å²) in [6.07, 6.45) is 5.41. The minimum absolute atomic E-state index is 0.652. The highest BCUT2D eigenvalue weighted by atomic mass is 16.3. The topological polar surface area (TPSA) is 48.9 Å². The molecule has 3 heteroatoms. The van der Waals surface area contributed by atoms with Gasteiger partial charge in [0.05, 0.1) is 11.3 Å². The van der Waals surface area contributed by atoms with Crippen molar-refractivity contribution < 1.29 is 5.11 Å². The lowest BCUT2D eigenvalue weighted by Crippen LogP contribution is -2.23. The molecule has 1 aliphatic rings. The van der Waals surface area contributed by atoms with Gasteiger partial charge in [0, 0.05) is 12.1 Å². The first-order chi connectivity index (χ1) is 6.56. The maximum absolute atomic E-state index is 9.74. The number of aryl methyl sites for hydroxylation is 1. The van der Waals surface area contributed by atoms with Crippen LogP contribution in [0.2, 0.25) is 0 Å². The Kier molecular flexibility index (Phi) is 2.35. The number of hydrogen-bond acceptors (Lipinski definition) is 2. The van der Waals surface area contributed by atoms with Crippen LogP contribution < -0.4 is 0 Å². The lowest BCUT2D eigenvalue weighted by molar-refractivity contribution is 0.0797. The van der Waals surface area contributed by atoms with Crippen LogP contribution in [-0.4, -0.2) is 20.9 Å². The van der Waals surface area contributed by atoms with Gasteiger partial charge >= 0.3 is 0 Å². The molecular formula is C11H18N2O. The molecular weight excluding hydrogens is 176 g/mol. The highest BCUT2D eigenvalue weighted by Crippen LogP contribution is 2.24. The molecule has 0 aliphatic heterocycles. The fourth-order valence-corrected chi connectivity index (χ4v) is 2.11. The molecule has 0 bridgehead atoms. The van der Waals surface area contributed by atoms with E-state index in [0.29, 0.717) is 6.42 Å². The molecule has 0 unspecified atom stereocenters. The molecule has 1 aromatic heterocycles. The van der Waals surface area contributed by atoms with Crippen LogP contribution in [0.1, 0.15) is 43.6 Å². The van der Waals surface area contributed by atoms with E-state index >= 15 is 0 Å². The number of aromatic amines is 1. The average Bonchev–Trinajstić information content (AvgIpc) is 2.47. The van der Waals surface area contributed by atoms with Gasteiger partial charge < -0.3 is 5.11 Å². The first kappa shape index (κ1) is 9.71. The number of nitrogens with one attached hydrogen (secondary N) is 1. The fourth-order valence-electron chi connectivity index (χ4n) is 2.11. The van der Waals surface area contributed by atoms with Crippen LogP contribution in [0.3, 0.4) is 0 Å². The van der Waals surface area contributed by atoms with Crippen LogP contribution in [0.4, 0.5) is 0 Å². The molecule has 0 saturated heterocycles. The van der Waals surface area contributed by atoms with Gasteiger partial charge in [-0.2, -0.15) is 5.10 Å². The van der Waals surface area contributed by atoms with Crippen molar-refractivity contribution in [2.24, 2.45) is 0 Å². The van der Waals surface area contributed by atoms with Crippen molar-refractivity contribution in [3.8, 4) is 0 Å². The van der Waals surface area contributed by atoms with Crippen molar-refractivity contribution in [2.75, 3.05) is 0 Å². The first-order valence-electron chi connectivity index (χ1n) is 5.34. The predicted octanol–water partition coefficient (Wildman–Crippen LogP) is 1.60. The Morgan fingerprint density at radius 3 is 2.79 bits per heavy atom. The normalized spacial score (nSPS) is 16.8. The van der Waals surface area contributed by atoms with E-state index in [1.54, 1.807) is 0 Å². The third-order valence-electron chi connectivity index (χ3n) is 2.74. The monoisotopic (exact) mass is 194 g/mol. The summed E-state index contributed by atoms with van der Waals surface area (Å²) in [5.41, 5.74) is 3.06. The maximum Gasteiger partial charge on any atom is 0.0685 e. The molecule has 0 radical (unpaired) electrons. The summed E-state index contributed by atoms with van der Waals surface area (Å²) in [7, 11) is 0. The number of H-pyrrole nitrogens is 1. The highest BCUT2D eigenvalue weighted by molar-refractivity contribution is 5.28. The number of nitrogens with zero attached hydrogens (tertiary/aromatic N) is 1. The van der Waals surface area contributed by atoms with E-state index in [2.05, 4.69) is 10.2 Å². The molecule has 1 heterocycles. The standard InChI is InChI=1S/C11H18N2O/c1-11(2,14)7-10-8-5-3-4-6-9(8)12-13-10/h14H,3-7H2,1-2H3,(H,12,13). The zero-order valence-electron chi connectivity index (χ0n) is 8.93. The zero-order valence-corrected chi connectivity index (χ0v) is 8.93. The average molecular weight is 194 g/mol. The van der Waals surface area contributed by atoms with E-state index in [9.17, 15) is 5.11 Å². The van der Waals surface area contributed by atoms with Crippen LogP contribution in [-0.2, 0) is 19.3 Å². The number of hydrogen-bond donors (Lipinski definition) is 2. The number of aliphatic hydroxyl groups is 1.